The van der Waals surface area contributed by atoms with E-state index in [2.05, 4.69) is 6.58 Å². The van der Waals surface area contributed by atoms with E-state index in [9.17, 15) is 19.5 Å². The average Bonchev–Trinajstić information content (AvgIpc) is 2.79. The summed E-state index contributed by atoms with van der Waals surface area (Å²) in [6.07, 6.45) is 1.94. The number of amides is 1. The molecule has 2 N–H and O–H groups in total. The van der Waals surface area contributed by atoms with Gasteiger partial charge in [0.05, 0.1) is 16.8 Å². The average molecular weight is 275 g/mol. The van der Waals surface area contributed by atoms with Crippen LogP contribution < -0.4 is 4.90 Å². The Morgan fingerprint density at radius 1 is 1.30 bits per heavy atom. The molecule has 1 atom stereocenters. The van der Waals surface area contributed by atoms with Crippen LogP contribution in [-0.2, 0) is 4.79 Å². The van der Waals surface area contributed by atoms with Gasteiger partial charge in [0.15, 0.2) is 0 Å². The molecule has 1 aliphatic rings. The number of anilines is 1. The maximum atomic E-state index is 11.9. The standard InChI is InChI=1S/C14H13NO5/c1-2-8-5-12(16)15(7-8)11-4-3-9(13(17)18)6-10(11)14(19)20/h2-4,6,8H,1,5,7H2,(H,17,18)(H,19,20). The van der Waals surface area contributed by atoms with Gasteiger partial charge in [-0.15, -0.1) is 6.58 Å². The van der Waals surface area contributed by atoms with Crippen molar-refractivity contribution in [3.05, 3.63) is 42.0 Å². The van der Waals surface area contributed by atoms with Gasteiger partial charge in [0, 0.05) is 18.9 Å². The van der Waals surface area contributed by atoms with Gasteiger partial charge in [-0.2, -0.15) is 0 Å². The van der Waals surface area contributed by atoms with E-state index in [4.69, 9.17) is 5.11 Å². The molecule has 104 valence electrons. The van der Waals surface area contributed by atoms with E-state index in [0.717, 1.165) is 6.07 Å². The Morgan fingerprint density at radius 2 is 2.00 bits per heavy atom. The predicted molar refractivity (Wildman–Crippen MR) is 71.0 cm³/mol. The van der Waals surface area contributed by atoms with Crippen LogP contribution in [0.4, 0.5) is 5.69 Å². The van der Waals surface area contributed by atoms with Gasteiger partial charge in [0.2, 0.25) is 5.91 Å². The fourth-order valence-corrected chi connectivity index (χ4v) is 2.20. The Morgan fingerprint density at radius 3 is 2.50 bits per heavy atom. The maximum Gasteiger partial charge on any atom is 0.337 e. The van der Waals surface area contributed by atoms with Crippen LogP contribution in [0.5, 0.6) is 0 Å². The summed E-state index contributed by atoms with van der Waals surface area (Å²) in [7, 11) is 0. The summed E-state index contributed by atoms with van der Waals surface area (Å²) in [6, 6.07) is 3.71. The zero-order valence-electron chi connectivity index (χ0n) is 10.6. The van der Waals surface area contributed by atoms with Crippen molar-refractivity contribution >= 4 is 23.5 Å². The molecule has 1 fully saturated rings. The van der Waals surface area contributed by atoms with Gasteiger partial charge >= 0.3 is 11.9 Å². The third kappa shape index (κ3) is 2.40. The van der Waals surface area contributed by atoms with Crippen molar-refractivity contribution in [3.8, 4) is 0 Å². The first-order valence-electron chi connectivity index (χ1n) is 5.97. The Hall–Kier alpha value is -2.63. The van der Waals surface area contributed by atoms with Crippen LogP contribution in [0.25, 0.3) is 0 Å². The number of hydrogen-bond acceptors (Lipinski definition) is 3. The zero-order chi connectivity index (χ0) is 14.9. The van der Waals surface area contributed by atoms with E-state index in [0.29, 0.717) is 6.54 Å². The van der Waals surface area contributed by atoms with Crippen LogP contribution in [0.2, 0.25) is 0 Å². The lowest BCUT2D eigenvalue weighted by Crippen LogP contribution is -2.26. The number of benzene rings is 1. The number of nitrogens with zero attached hydrogens (tertiary/aromatic N) is 1. The predicted octanol–water partition coefficient (Wildman–Crippen LogP) is 1.62. The largest absolute Gasteiger partial charge is 0.478 e. The highest BCUT2D eigenvalue weighted by atomic mass is 16.4. The first-order valence-corrected chi connectivity index (χ1v) is 5.97. The number of carboxylic acids is 2. The van der Waals surface area contributed by atoms with Crippen LogP contribution >= 0.6 is 0 Å². The number of rotatable bonds is 4. The second kappa shape index (κ2) is 5.16. The van der Waals surface area contributed by atoms with Gasteiger partial charge in [-0.3, -0.25) is 4.79 Å². The lowest BCUT2D eigenvalue weighted by atomic mass is 10.1. The molecule has 2 rings (SSSR count). The molecule has 6 nitrogen and oxygen atoms in total. The van der Waals surface area contributed by atoms with E-state index in [1.165, 1.54) is 17.0 Å². The second-order valence-electron chi connectivity index (χ2n) is 4.55. The third-order valence-corrected chi connectivity index (χ3v) is 3.25. The van der Waals surface area contributed by atoms with Crippen LogP contribution in [0.1, 0.15) is 27.1 Å². The van der Waals surface area contributed by atoms with Gasteiger partial charge < -0.3 is 15.1 Å². The van der Waals surface area contributed by atoms with Crippen LogP contribution in [0, 0.1) is 5.92 Å². The van der Waals surface area contributed by atoms with Gasteiger partial charge in [0.25, 0.3) is 0 Å². The van der Waals surface area contributed by atoms with E-state index in [1.807, 2.05) is 0 Å². The van der Waals surface area contributed by atoms with Gasteiger partial charge in [0.1, 0.15) is 0 Å². The highest BCUT2D eigenvalue weighted by molar-refractivity contribution is 6.04. The van der Waals surface area contributed by atoms with Crippen molar-refractivity contribution in [3.63, 3.8) is 0 Å². The Balaban J connectivity index is 2.46. The second-order valence-corrected chi connectivity index (χ2v) is 4.55. The SMILES string of the molecule is C=CC1CC(=O)N(c2ccc(C(=O)O)cc2C(=O)O)C1. The van der Waals surface area contributed by atoms with Crippen molar-refractivity contribution in [1.29, 1.82) is 0 Å². The number of carbonyl (C=O) groups is 3. The quantitative estimate of drug-likeness (QED) is 0.814. The van der Waals surface area contributed by atoms with Crippen molar-refractivity contribution < 1.29 is 24.6 Å². The lowest BCUT2D eigenvalue weighted by molar-refractivity contribution is -0.117. The summed E-state index contributed by atoms with van der Waals surface area (Å²) >= 11 is 0. The molecule has 0 saturated carbocycles. The molecule has 1 heterocycles. The smallest absolute Gasteiger partial charge is 0.337 e. The minimum absolute atomic E-state index is 0.0247. The summed E-state index contributed by atoms with van der Waals surface area (Å²) in [5.41, 5.74) is -0.0992. The third-order valence-electron chi connectivity index (χ3n) is 3.25. The molecule has 0 bridgehead atoms. The Bertz CT molecular complexity index is 608. The minimum atomic E-state index is -1.27. The summed E-state index contributed by atoms with van der Waals surface area (Å²) < 4.78 is 0. The molecule has 20 heavy (non-hydrogen) atoms. The molecule has 0 radical (unpaired) electrons. The molecule has 0 aliphatic carbocycles. The number of carboxylic acid groups (broad SMARTS) is 2. The number of hydrogen-bond donors (Lipinski definition) is 2. The van der Waals surface area contributed by atoms with Gasteiger partial charge in [-0.1, -0.05) is 6.08 Å². The molecule has 1 aromatic rings. The highest BCUT2D eigenvalue weighted by Gasteiger charge is 2.31. The molecular formula is C14H13NO5. The van der Waals surface area contributed by atoms with Gasteiger partial charge in [-0.05, 0) is 18.2 Å². The van der Waals surface area contributed by atoms with Gasteiger partial charge in [-0.25, -0.2) is 9.59 Å². The molecule has 1 aromatic carbocycles. The molecule has 6 heteroatoms. The first kappa shape index (κ1) is 13.8. The molecule has 1 amide bonds. The normalized spacial score (nSPS) is 18.1. The Kier molecular flexibility index (Phi) is 3.56. The molecule has 0 spiro atoms. The van der Waals surface area contributed by atoms with E-state index in [1.54, 1.807) is 6.08 Å². The van der Waals surface area contributed by atoms with Crippen LogP contribution in [0.3, 0.4) is 0 Å². The Labute approximate surface area is 114 Å². The van der Waals surface area contributed by atoms with Crippen molar-refractivity contribution in [2.75, 3.05) is 11.4 Å². The molecular weight excluding hydrogens is 262 g/mol. The zero-order valence-corrected chi connectivity index (χ0v) is 10.6. The first-order chi connectivity index (χ1) is 9.43. The van der Waals surface area contributed by atoms with Crippen molar-refractivity contribution in [2.45, 2.75) is 6.42 Å². The minimum Gasteiger partial charge on any atom is -0.478 e. The number of aromatic carboxylic acids is 2. The number of carbonyl (C=O) groups excluding carboxylic acids is 1. The monoisotopic (exact) mass is 275 g/mol. The maximum absolute atomic E-state index is 11.9. The van der Waals surface area contributed by atoms with E-state index in [-0.39, 0.29) is 35.1 Å². The highest BCUT2D eigenvalue weighted by Crippen LogP contribution is 2.29. The van der Waals surface area contributed by atoms with E-state index < -0.39 is 11.9 Å². The van der Waals surface area contributed by atoms with E-state index >= 15 is 0 Å². The fraction of sp³-hybridized carbons (Fsp3) is 0.214. The summed E-state index contributed by atoms with van der Waals surface area (Å²) in [5.74, 6) is -2.70. The summed E-state index contributed by atoms with van der Waals surface area (Å²) in [5, 5.41) is 18.1. The molecule has 0 aromatic heterocycles. The summed E-state index contributed by atoms with van der Waals surface area (Å²) in [6.45, 7) is 3.98. The van der Waals surface area contributed by atoms with Crippen molar-refractivity contribution in [1.82, 2.24) is 0 Å². The van der Waals surface area contributed by atoms with Crippen LogP contribution in [0.15, 0.2) is 30.9 Å². The summed E-state index contributed by atoms with van der Waals surface area (Å²) in [4.78, 5) is 35.4. The molecule has 1 saturated heterocycles. The molecule has 1 aliphatic heterocycles. The fourth-order valence-electron chi connectivity index (χ4n) is 2.20. The van der Waals surface area contributed by atoms with Crippen molar-refractivity contribution in [2.24, 2.45) is 5.92 Å². The topological polar surface area (TPSA) is 94.9 Å². The van der Waals surface area contributed by atoms with Crippen LogP contribution in [-0.4, -0.2) is 34.6 Å². The lowest BCUT2D eigenvalue weighted by Gasteiger charge is -2.18. The molecule has 1 unspecified atom stereocenters.